The van der Waals surface area contributed by atoms with Gasteiger partial charge in [0.2, 0.25) is 0 Å². The van der Waals surface area contributed by atoms with E-state index in [1.165, 1.54) is 5.56 Å². The van der Waals surface area contributed by atoms with Crippen molar-refractivity contribution in [2.75, 3.05) is 6.54 Å². The second kappa shape index (κ2) is 12.8. The Labute approximate surface area is 262 Å². The third kappa shape index (κ3) is 6.09. The molecule has 1 amide bonds. The number of oxime groups is 1. The number of aryl methyl sites for hydroxylation is 1. The summed E-state index contributed by atoms with van der Waals surface area (Å²) in [5.74, 6) is 0. The standard InChI is InChI=1S/C37H35N5O3/c43-37(44)41-20-17-31(23-32(41)21-26-7-3-1-4-8-26)42-36(28-15-18-38-19-16-28)34(24-39-42)30-11-13-33-29(22-30)12-14-35(33)40-45-25-27-9-5-2-6-10-27/h1-11,13,15-16,18-19,22,24,31-32H,12,14,17,20-21,23,25H2,(H,43,44). The van der Waals surface area contributed by atoms with Crippen molar-refractivity contribution < 1.29 is 14.7 Å². The Kier molecular flexibility index (Phi) is 8.10. The number of pyridine rings is 1. The molecule has 0 radical (unpaired) electrons. The first kappa shape index (κ1) is 28.5. The molecule has 8 nitrogen and oxygen atoms in total. The molecule has 0 bridgehead atoms. The molecule has 0 spiro atoms. The van der Waals surface area contributed by atoms with E-state index < -0.39 is 6.09 Å². The Bertz CT molecular complexity index is 1800. The Hall–Kier alpha value is -5.24. The molecule has 1 N–H and O–H groups in total. The predicted octanol–water partition coefficient (Wildman–Crippen LogP) is 7.41. The van der Waals surface area contributed by atoms with Gasteiger partial charge in [-0.25, -0.2) is 4.79 Å². The maximum Gasteiger partial charge on any atom is 0.407 e. The molecule has 8 heteroatoms. The summed E-state index contributed by atoms with van der Waals surface area (Å²) < 4.78 is 2.12. The number of amides is 1. The molecular formula is C37H35N5O3. The van der Waals surface area contributed by atoms with Crippen molar-refractivity contribution >= 4 is 11.8 Å². The van der Waals surface area contributed by atoms with E-state index in [2.05, 4.69) is 45.2 Å². The zero-order chi connectivity index (χ0) is 30.6. The summed E-state index contributed by atoms with van der Waals surface area (Å²) in [6.45, 7) is 0.916. The first-order valence-corrected chi connectivity index (χ1v) is 15.5. The lowest BCUT2D eigenvalue weighted by molar-refractivity contribution is 0.0894. The van der Waals surface area contributed by atoms with Crippen LogP contribution in [0.15, 0.2) is 115 Å². The van der Waals surface area contributed by atoms with Crippen molar-refractivity contribution in [1.82, 2.24) is 19.7 Å². The lowest BCUT2D eigenvalue weighted by atomic mass is 9.91. The summed E-state index contributed by atoms with van der Waals surface area (Å²) >= 11 is 0. The summed E-state index contributed by atoms with van der Waals surface area (Å²) in [5.41, 5.74) is 9.81. The van der Waals surface area contributed by atoms with E-state index in [0.717, 1.165) is 57.6 Å². The molecule has 7 rings (SSSR count). The number of rotatable bonds is 8. The maximum atomic E-state index is 12.2. The van der Waals surface area contributed by atoms with E-state index in [1.807, 2.05) is 79.3 Å². The Morgan fingerprint density at radius 2 is 1.64 bits per heavy atom. The fraction of sp³-hybridized carbons (Fsp3) is 0.243. The maximum absolute atomic E-state index is 12.2. The smallest absolute Gasteiger partial charge is 0.407 e. The van der Waals surface area contributed by atoms with Gasteiger partial charge in [-0.1, -0.05) is 84.0 Å². The monoisotopic (exact) mass is 597 g/mol. The minimum atomic E-state index is -0.864. The van der Waals surface area contributed by atoms with Crippen LogP contribution in [0.3, 0.4) is 0 Å². The minimum absolute atomic E-state index is 0.0566. The van der Waals surface area contributed by atoms with Crippen LogP contribution in [0.5, 0.6) is 0 Å². The van der Waals surface area contributed by atoms with Gasteiger partial charge in [0.1, 0.15) is 6.61 Å². The number of likely N-dealkylation sites (tertiary alicyclic amines) is 1. The van der Waals surface area contributed by atoms with Gasteiger partial charge in [0, 0.05) is 41.7 Å². The molecule has 2 aromatic heterocycles. The van der Waals surface area contributed by atoms with Gasteiger partial charge in [-0.3, -0.25) is 9.67 Å². The van der Waals surface area contributed by atoms with E-state index in [9.17, 15) is 9.90 Å². The van der Waals surface area contributed by atoms with Gasteiger partial charge in [-0.05, 0) is 66.5 Å². The SMILES string of the molecule is O=C(O)N1CCC(n2ncc(-c3ccc4c(c3)CCC4=NOCc3ccccc3)c2-c2ccncc2)CC1Cc1ccccc1. The van der Waals surface area contributed by atoms with Crippen molar-refractivity contribution in [3.05, 3.63) is 132 Å². The first-order chi connectivity index (χ1) is 22.1. The van der Waals surface area contributed by atoms with E-state index in [4.69, 9.17) is 9.94 Å². The van der Waals surface area contributed by atoms with Crippen molar-refractivity contribution in [2.45, 2.75) is 50.8 Å². The summed E-state index contributed by atoms with van der Waals surface area (Å²) in [6, 6.07) is 30.7. The number of carboxylic acid groups (broad SMARTS) is 1. The molecule has 1 saturated heterocycles. The Balaban J connectivity index is 1.18. The van der Waals surface area contributed by atoms with Gasteiger partial charge in [0.25, 0.3) is 0 Å². The zero-order valence-electron chi connectivity index (χ0n) is 25.0. The van der Waals surface area contributed by atoms with Crippen LogP contribution >= 0.6 is 0 Å². The average Bonchev–Trinajstić information content (AvgIpc) is 3.70. The molecule has 5 aromatic rings. The average molecular weight is 598 g/mol. The molecule has 2 atom stereocenters. The molecular weight excluding hydrogens is 562 g/mol. The summed E-state index contributed by atoms with van der Waals surface area (Å²) in [5, 5.41) is 19.5. The van der Waals surface area contributed by atoms with E-state index in [0.29, 0.717) is 32.4 Å². The van der Waals surface area contributed by atoms with Gasteiger partial charge in [-0.15, -0.1) is 0 Å². The molecule has 1 aliphatic carbocycles. The zero-order valence-corrected chi connectivity index (χ0v) is 25.0. The van der Waals surface area contributed by atoms with Crippen LogP contribution in [0, 0.1) is 0 Å². The highest BCUT2D eigenvalue weighted by Crippen LogP contribution is 2.39. The number of carbonyl (C=O) groups is 1. The molecule has 3 heterocycles. The molecule has 2 unspecified atom stereocenters. The van der Waals surface area contributed by atoms with Gasteiger partial charge < -0.3 is 14.8 Å². The number of hydrogen-bond acceptors (Lipinski definition) is 5. The second-order valence-corrected chi connectivity index (χ2v) is 11.8. The van der Waals surface area contributed by atoms with E-state index in [-0.39, 0.29) is 12.1 Å². The number of fused-ring (bicyclic) bond motifs is 1. The summed E-state index contributed by atoms with van der Waals surface area (Å²) in [7, 11) is 0. The van der Waals surface area contributed by atoms with Gasteiger partial charge >= 0.3 is 6.09 Å². The molecule has 2 aliphatic rings. The van der Waals surface area contributed by atoms with E-state index in [1.54, 1.807) is 4.90 Å². The van der Waals surface area contributed by atoms with Crippen LogP contribution in [0.4, 0.5) is 4.79 Å². The molecule has 226 valence electrons. The molecule has 45 heavy (non-hydrogen) atoms. The molecule has 3 aromatic carbocycles. The van der Waals surface area contributed by atoms with Crippen LogP contribution in [0.2, 0.25) is 0 Å². The number of benzene rings is 3. The largest absolute Gasteiger partial charge is 0.465 e. The predicted molar refractivity (Wildman–Crippen MR) is 174 cm³/mol. The van der Waals surface area contributed by atoms with Crippen molar-refractivity contribution in [3.8, 4) is 22.4 Å². The van der Waals surface area contributed by atoms with Crippen molar-refractivity contribution in [1.29, 1.82) is 0 Å². The van der Waals surface area contributed by atoms with Crippen molar-refractivity contribution in [2.24, 2.45) is 5.16 Å². The fourth-order valence-electron chi connectivity index (χ4n) is 6.72. The van der Waals surface area contributed by atoms with Crippen LogP contribution < -0.4 is 0 Å². The number of nitrogens with zero attached hydrogens (tertiary/aromatic N) is 5. The number of piperidine rings is 1. The normalized spacial score (nSPS) is 18.6. The lowest BCUT2D eigenvalue weighted by Gasteiger charge is -2.38. The van der Waals surface area contributed by atoms with Gasteiger partial charge in [0.15, 0.2) is 0 Å². The fourth-order valence-corrected chi connectivity index (χ4v) is 6.72. The summed E-state index contributed by atoms with van der Waals surface area (Å²) in [6.07, 6.45) is 8.52. The van der Waals surface area contributed by atoms with Crippen LogP contribution in [0.1, 0.15) is 47.6 Å². The second-order valence-electron chi connectivity index (χ2n) is 11.8. The van der Waals surface area contributed by atoms with Crippen LogP contribution in [-0.4, -0.2) is 49.2 Å². The van der Waals surface area contributed by atoms with Crippen molar-refractivity contribution in [3.63, 3.8) is 0 Å². The summed E-state index contributed by atoms with van der Waals surface area (Å²) in [4.78, 5) is 23.8. The Morgan fingerprint density at radius 3 is 2.40 bits per heavy atom. The van der Waals surface area contributed by atoms with Gasteiger partial charge in [0.05, 0.1) is 23.6 Å². The third-order valence-electron chi connectivity index (χ3n) is 8.95. The number of aromatic nitrogens is 3. The highest BCUT2D eigenvalue weighted by atomic mass is 16.6. The van der Waals surface area contributed by atoms with Crippen LogP contribution in [-0.2, 0) is 24.3 Å². The van der Waals surface area contributed by atoms with Crippen LogP contribution in [0.25, 0.3) is 22.4 Å². The van der Waals surface area contributed by atoms with Gasteiger partial charge in [-0.2, -0.15) is 5.10 Å². The number of hydrogen-bond donors (Lipinski definition) is 1. The highest BCUT2D eigenvalue weighted by Gasteiger charge is 2.34. The molecule has 1 aliphatic heterocycles. The topological polar surface area (TPSA) is 92.8 Å². The molecule has 0 saturated carbocycles. The molecule has 1 fully saturated rings. The van der Waals surface area contributed by atoms with E-state index >= 15 is 0 Å². The quantitative estimate of drug-likeness (QED) is 0.188. The Morgan fingerprint density at radius 1 is 0.889 bits per heavy atom. The first-order valence-electron chi connectivity index (χ1n) is 15.5. The minimum Gasteiger partial charge on any atom is -0.465 e. The highest BCUT2D eigenvalue weighted by molar-refractivity contribution is 6.04. The third-order valence-corrected chi connectivity index (χ3v) is 8.95. The lowest BCUT2D eigenvalue weighted by Crippen LogP contribution is -2.47.